The van der Waals surface area contributed by atoms with Gasteiger partial charge in [-0.25, -0.2) is 0 Å². The van der Waals surface area contributed by atoms with Crippen LogP contribution in [0.25, 0.3) is 0 Å². The molecular formula is C17H31NO. The van der Waals surface area contributed by atoms with Gasteiger partial charge in [0.1, 0.15) is 0 Å². The fourth-order valence-corrected chi connectivity index (χ4v) is 2.90. The molecule has 0 unspecified atom stereocenters. The Hall–Kier alpha value is -0.790. The SMILES string of the molecule is CC(=O)N(CC(C)(C)CC=C(C)C)C1CCCCC1. The van der Waals surface area contributed by atoms with E-state index in [0.717, 1.165) is 13.0 Å². The highest BCUT2D eigenvalue weighted by molar-refractivity contribution is 5.73. The van der Waals surface area contributed by atoms with E-state index in [1.165, 1.54) is 37.7 Å². The molecule has 0 bridgehead atoms. The molecule has 0 aromatic rings. The molecular weight excluding hydrogens is 234 g/mol. The molecule has 1 aliphatic carbocycles. The van der Waals surface area contributed by atoms with Gasteiger partial charge in [0.05, 0.1) is 0 Å². The van der Waals surface area contributed by atoms with Crippen LogP contribution in [0.5, 0.6) is 0 Å². The molecule has 1 saturated carbocycles. The van der Waals surface area contributed by atoms with Gasteiger partial charge in [-0.1, -0.05) is 44.8 Å². The van der Waals surface area contributed by atoms with Crippen LogP contribution in [0.1, 0.15) is 73.1 Å². The minimum Gasteiger partial charge on any atom is -0.339 e. The summed E-state index contributed by atoms with van der Waals surface area (Å²) in [7, 11) is 0. The Morgan fingerprint density at radius 1 is 1.16 bits per heavy atom. The first-order valence-corrected chi connectivity index (χ1v) is 7.72. The van der Waals surface area contributed by atoms with Crippen molar-refractivity contribution in [2.24, 2.45) is 5.41 Å². The van der Waals surface area contributed by atoms with Gasteiger partial charge in [-0.2, -0.15) is 0 Å². The Morgan fingerprint density at radius 3 is 2.21 bits per heavy atom. The quantitative estimate of drug-likeness (QED) is 0.668. The average molecular weight is 265 g/mol. The maximum absolute atomic E-state index is 12.0. The van der Waals surface area contributed by atoms with Crippen LogP contribution in [0.15, 0.2) is 11.6 Å². The third-order valence-corrected chi connectivity index (χ3v) is 4.08. The van der Waals surface area contributed by atoms with E-state index in [1.54, 1.807) is 6.92 Å². The Bertz CT molecular complexity index is 320. The van der Waals surface area contributed by atoms with E-state index < -0.39 is 0 Å². The summed E-state index contributed by atoms with van der Waals surface area (Å²) >= 11 is 0. The van der Waals surface area contributed by atoms with Crippen molar-refractivity contribution in [3.05, 3.63) is 11.6 Å². The normalized spacial score (nSPS) is 17.1. The fraction of sp³-hybridized carbons (Fsp3) is 0.824. The number of hydrogen-bond acceptors (Lipinski definition) is 1. The first-order valence-electron chi connectivity index (χ1n) is 7.72. The number of rotatable bonds is 5. The van der Waals surface area contributed by atoms with Crippen molar-refractivity contribution < 1.29 is 4.79 Å². The van der Waals surface area contributed by atoms with Gasteiger partial charge in [0.25, 0.3) is 0 Å². The number of carbonyl (C=O) groups is 1. The molecule has 1 rings (SSSR count). The van der Waals surface area contributed by atoms with Crippen molar-refractivity contribution in [1.29, 1.82) is 0 Å². The summed E-state index contributed by atoms with van der Waals surface area (Å²) in [5, 5.41) is 0. The van der Waals surface area contributed by atoms with Crippen LogP contribution in [0.4, 0.5) is 0 Å². The van der Waals surface area contributed by atoms with E-state index in [-0.39, 0.29) is 11.3 Å². The topological polar surface area (TPSA) is 20.3 Å². The molecule has 0 aliphatic heterocycles. The summed E-state index contributed by atoms with van der Waals surface area (Å²) in [5.74, 6) is 0.247. The van der Waals surface area contributed by atoms with Crippen molar-refractivity contribution in [2.45, 2.75) is 79.2 Å². The molecule has 1 aliphatic rings. The first-order chi connectivity index (χ1) is 8.82. The maximum atomic E-state index is 12.0. The lowest BCUT2D eigenvalue weighted by Gasteiger charge is -2.39. The predicted octanol–water partition coefficient (Wildman–Crippen LogP) is 4.55. The zero-order chi connectivity index (χ0) is 14.5. The molecule has 1 fully saturated rings. The number of hydrogen-bond donors (Lipinski definition) is 0. The Labute approximate surface area is 119 Å². The van der Waals surface area contributed by atoms with Crippen molar-refractivity contribution in [2.75, 3.05) is 6.54 Å². The minimum absolute atomic E-state index is 0.167. The van der Waals surface area contributed by atoms with Crippen LogP contribution in [-0.2, 0) is 4.79 Å². The lowest BCUT2D eigenvalue weighted by Crippen LogP contribution is -2.45. The summed E-state index contributed by atoms with van der Waals surface area (Å²) in [6.07, 6.45) is 9.62. The molecule has 0 aromatic carbocycles. The van der Waals surface area contributed by atoms with Crippen LogP contribution in [0.2, 0.25) is 0 Å². The maximum Gasteiger partial charge on any atom is 0.219 e. The Morgan fingerprint density at radius 2 is 1.74 bits per heavy atom. The lowest BCUT2D eigenvalue weighted by atomic mass is 9.86. The van der Waals surface area contributed by atoms with Gasteiger partial charge in [0.15, 0.2) is 0 Å². The largest absolute Gasteiger partial charge is 0.339 e. The monoisotopic (exact) mass is 265 g/mol. The van der Waals surface area contributed by atoms with Gasteiger partial charge in [-0.15, -0.1) is 0 Å². The lowest BCUT2D eigenvalue weighted by molar-refractivity contribution is -0.133. The molecule has 0 spiro atoms. The second-order valence-corrected chi connectivity index (χ2v) is 7.09. The summed E-state index contributed by atoms with van der Waals surface area (Å²) in [5.41, 5.74) is 1.53. The predicted molar refractivity (Wildman–Crippen MR) is 82.1 cm³/mol. The smallest absolute Gasteiger partial charge is 0.219 e. The second-order valence-electron chi connectivity index (χ2n) is 7.09. The molecule has 19 heavy (non-hydrogen) atoms. The van der Waals surface area contributed by atoms with E-state index in [0.29, 0.717) is 6.04 Å². The summed E-state index contributed by atoms with van der Waals surface area (Å²) in [4.78, 5) is 14.1. The van der Waals surface area contributed by atoms with Crippen LogP contribution in [0.3, 0.4) is 0 Å². The molecule has 0 heterocycles. The average Bonchev–Trinajstić information content (AvgIpc) is 2.35. The third kappa shape index (κ3) is 5.80. The van der Waals surface area contributed by atoms with Crippen LogP contribution in [0, 0.1) is 5.41 Å². The van der Waals surface area contributed by atoms with Crippen LogP contribution in [-0.4, -0.2) is 23.4 Å². The van der Waals surface area contributed by atoms with Crippen molar-refractivity contribution in [3.63, 3.8) is 0 Å². The van der Waals surface area contributed by atoms with Gasteiger partial charge in [-0.3, -0.25) is 4.79 Å². The van der Waals surface area contributed by atoms with Crippen LogP contribution >= 0.6 is 0 Å². The summed E-state index contributed by atoms with van der Waals surface area (Å²) < 4.78 is 0. The molecule has 0 aromatic heterocycles. The zero-order valence-electron chi connectivity index (χ0n) is 13.5. The van der Waals surface area contributed by atoms with Gasteiger partial charge < -0.3 is 4.90 Å². The summed E-state index contributed by atoms with van der Waals surface area (Å²) in [6, 6.07) is 0.484. The number of allylic oxidation sites excluding steroid dienone is 2. The van der Waals surface area contributed by atoms with E-state index in [2.05, 4.69) is 38.7 Å². The minimum atomic E-state index is 0.167. The highest BCUT2D eigenvalue weighted by Crippen LogP contribution is 2.29. The van der Waals surface area contributed by atoms with E-state index >= 15 is 0 Å². The standard InChI is InChI=1S/C17H31NO/c1-14(2)11-12-17(4,5)13-18(15(3)19)16-9-7-6-8-10-16/h11,16H,6-10,12-13H2,1-5H3. The van der Waals surface area contributed by atoms with Gasteiger partial charge in [0, 0.05) is 19.5 Å². The molecule has 110 valence electrons. The molecule has 0 atom stereocenters. The second kappa shape index (κ2) is 7.12. The molecule has 0 saturated heterocycles. The van der Waals surface area contributed by atoms with Crippen molar-refractivity contribution in [1.82, 2.24) is 4.90 Å². The fourth-order valence-electron chi connectivity index (χ4n) is 2.90. The van der Waals surface area contributed by atoms with Gasteiger partial charge >= 0.3 is 0 Å². The molecule has 0 radical (unpaired) electrons. The number of amides is 1. The van der Waals surface area contributed by atoms with E-state index in [4.69, 9.17) is 0 Å². The highest BCUT2D eigenvalue weighted by atomic mass is 16.2. The number of carbonyl (C=O) groups excluding carboxylic acids is 1. The highest BCUT2D eigenvalue weighted by Gasteiger charge is 2.28. The molecule has 0 N–H and O–H groups in total. The first kappa shape index (κ1) is 16.3. The van der Waals surface area contributed by atoms with E-state index in [1.807, 2.05) is 0 Å². The third-order valence-electron chi connectivity index (χ3n) is 4.08. The van der Waals surface area contributed by atoms with Crippen molar-refractivity contribution >= 4 is 5.91 Å². The Balaban J connectivity index is 2.66. The van der Waals surface area contributed by atoms with Crippen LogP contribution < -0.4 is 0 Å². The molecule has 2 heteroatoms. The van der Waals surface area contributed by atoms with Gasteiger partial charge in [-0.05, 0) is 38.5 Å². The van der Waals surface area contributed by atoms with Crippen molar-refractivity contribution in [3.8, 4) is 0 Å². The van der Waals surface area contributed by atoms with E-state index in [9.17, 15) is 4.79 Å². The number of nitrogens with zero attached hydrogens (tertiary/aromatic N) is 1. The molecule has 2 nitrogen and oxygen atoms in total. The molecule has 1 amide bonds. The van der Waals surface area contributed by atoms with Gasteiger partial charge in [0.2, 0.25) is 5.91 Å². The summed E-state index contributed by atoms with van der Waals surface area (Å²) in [6.45, 7) is 11.4. The Kier molecular flexibility index (Phi) is 6.09. The zero-order valence-corrected chi connectivity index (χ0v) is 13.5.